The van der Waals surface area contributed by atoms with E-state index in [1.165, 1.54) is 16.9 Å². The molecule has 0 atom stereocenters. The van der Waals surface area contributed by atoms with Gasteiger partial charge < -0.3 is 4.90 Å². The van der Waals surface area contributed by atoms with Crippen molar-refractivity contribution in [3.05, 3.63) is 64.4 Å². The standard InChI is InChI=1S/C22H22N6OS/c1-16-19(30-21(26-16)20-24-8-2-9-25-20)22(29)28-11-3-10-27(12-13-28)15-18-6-4-17(14-23)5-7-18/h2,4-9H,3,10-13,15H2,1H3. The third kappa shape index (κ3) is 4.53. The van der Waals surface area contributed by atoms with Gasteiger partial charge >= 0.3 is 0 Å². The summed E-state index contributed by atoms with van der Waals surface area (Å²) < 4.78 is 0. The highest BCUT2D eigenvalue weighted by molar-refractivity contribution is 7.17. The monoisotopic (exact) mass is 418 g/mol. The number of nitrogens with zero attached hydrogens (tertiary/aromatic N) is 6. The number of hydrogen-bond acceptors (Lipinski definition) is 7. The minimum atomic E-state index is 0.0346. The van der Waals surface area contributed by atoms with E-state index in [1.807, 2.05) is 36.1 Å². The first-order valence-electron chi connectivity index (χ1n) is 9.89. The molecule has 3 aromatic rings. The number of aromatic nitrogens is 3. The van der Waals surface area contributed by atoms with Crippen LogP contribution in [-0.4, -0.2) is 56.8 Å². The lowest BCUT2D eigenvalue weighted by molar-refractivity contribution is 0.0765. The number of nitriles is 1. The third-order valence-electron chi connectivity index (χ3n) is 5.11. The highest BCUT2D eigenvalue weighted by Crippen LogP contribution is 2.26. The lowest BCUT2D eigenvalue weighted by Crippen LogP contribution is -2.35. The zero-order chi connectivity index (χ0) is 20.9. The summed E-state index contributed by atoms with van der Waals surface area (Å²) in [5, 5.41) is 9.61. The Bertz CT molecular complexity index is 1060. The van der Waals surface area contributed by atoms with Gasteiger partial charge in [-0.3, -0.25) is 9.69 Å². The van der Waals surface area contributed by atoms with E-state index in [9.17, 15) is 4.79 Å². The van der Waals surface area contributed by atoms with Gasteiger partial charge in [-0.2, -0.15) is 5.26 Å². The van der Waals surface area contributed by atoms with Crippen LogP contribution in [0.4, 0.5) is 0 Å². The molecule has 8 heteroatoms. The van der Waals surface area contributed by atoms with E-state index in [4.69, 9.17) is 5.26 Å². The summed E-state index contributed by atoms with van der Waals surface area (Å²) in [6.07, 6.45) is 4.28. The van der Waals surface area contributed by atoms with Crippen molar-refractivity contribution in [1.82, 2.24) is 24.8 Å². The average Bonchev–Trinajstić information content (AvgIpc) is 3.02. The molecule has 0 aliphatic carbocycles. The summed E-state index contributed by atoms with van der Waals surface area (Å²) in [7, 11) is 0. The highest BCUT2D eigenvalue weighted by atomic mass is 32.1. The maximum Gasteiger partial charge on any atom is 0.265 e. The van der Waals surface area contributed by atoms with Gasteiger partial charge in [-0.15, -0.1) is 11.3 Å². The molecule has 4 rings (SSSR count). The molecule has 1 aliphatic rings. The largest absolute Gasteiger partial charge is 0.337 e. The van der Waals surface area contributed by atoms with Crippen LogP contribution < -0.4 is 0 Å². The van der Waals surface area contributed by atoms with Crippen molar-refractivity contribution in [2.24, 2.45) is 0 Å². The van der Waals surface area contributed by atoms with Crippen molar-refractivity contribution >= 4 is 17.2 Å². The van der Waals surface area contributed by atoms with Gasteiger partial charge in [-0.05, 0) is 37.1 Å². The molecule has 0 saturated carbocycles. The number of benzene rings is 1. The number of carbonyl (C=O) groups is 1. The number of rotatable bonds is 4. The molecule has 3 heterocycles. The van der Waals surface area contributed by atoms with Crippen LogP contribution in [0.2, 0.25) is 0 Å². The summed E-state index contributed by atoms with van der Waals surface area (Å²) in [5.74, 6) is 0.585. The minimum absolute atomic E-state index is 0.0346. The molecule has 0 spiro atoms. The van der Waals surface area contributed by atoms with E-state index < -0.39 is 0 Å². The lowest BCUT2D eigenvalue weighted by Gasteiger charge is -2.22. The van der Waals surface area contributed by atoms with Crippen LogP contribution in [0.3, 0.4) is 0 Å². The fraction of sp³-hybridized carbons (Fsp3) is 0.318. The van der Waals surface area contributed by atoms with Gasteiger partial charge in [0, 0.05) is 45.1 Å². The molecule has 0 N–H and O–H groups in total. The van der Waals surface area contributed by atoms with Crippen molar-refractivity contribution in [2.75, 3.05) is 26.2 Å². The van der Waals surface area contributed by atoms with E-state index in [1.54, 1.807) is 18.5 Å². The minimum Gasteiger partial charge on any atom is -0.337 e. The quantitative estimate of drug-likeness (QED) is 0.647. The summed E-state index contributed by atoms with van der Waals surface area (Å²) in [5.41, 5.74) is 2.58. The Morgan fingerprint density at radius 3 is 2.63 bits per heavy atom. The molecule has 1 saturated heterocycles. The second-order valence-electron chi connectivity index (χ2n) is 7.24. The first-order chi connectivity index (χ1) is 14.6. The number of amides is 1. The number of thiazole rings is 1. The molecule has 0 unspecified atom stereocenters. The van der Waals surface area contributed by atoms with Crippen LogP contribution in [-0.2, 0) is 6.54 Å². The van der Waals surface area contributed by atoms with Gasteiger partial charge in [0.05, 0.1) is 17.3 Å². The number of carbonyl (C=O) groups excluding carboxylic acids is 1. The van der Waals surface area contributed by atoms with E-state index >= 15 is 0 Å². The Balaban J connectivity index is 1.41. The fourth-order valence-corrected chi connectivity index (χ4v) is 4.50. The molecular weight excluding hydrogens is 396 g/mol. The Labute approximate surface area is 179 Å². The molecule has 30 heavy (non-hydrogen) atoms. The van der Waals surface area contributed by atoms with E-state index in [-0.39, 0.29) is 5.91 Å². The van der Waals surface area contributed by atoms with Gasteiger partial charge in [-0.25, -0.2) is 15.0 Å². The topological polar surface area (TPSA) is 86.0 Å². The number of hydrogen-bond donors (Lipinski definition) is 0. The van der Waals surface area contributed by atoms with Crippen LogP contribution in [0.15, 0.2) is 42.7 Å². The highest BCUT2D eigenvalue weighted by Gasteiger charge is 2.25. The van der Waals surface area contributed by atoms with Crippen LogP contribution >= 0.6 is 11.3 Å². The SMILES string of the molecule is Cc1nc(-c2ncccn2)sc1C(=O)N1CCCN(Cc2ccc(C#N)cc2)CC1. The molecule has 0 bridgehead atoms. The summed E-state index contributed by atoms with van der Waals surface area (Å²) in [6.45, 7) is 5.86. The predicted molar refractivity (Wildman–Crippen MR) is 115 cm³/mol. The van der Waals surface area contributed by atoms with E-state index in [0.717, 1.165) is 38.3 Å². The van der Waals surface area contributed by atoms with Crippen molar-refractivity contribution in [2.45, 2.75) is 19.9 Å². The first-order valence-corrected chi connectivity index (χ1v) is 10.7. The Kier molecular flexibility index (Phi) is 6.12. The third-order valence-corrected chi connectivity index (χ3v) is 6.25. The maximum atomic E-state index is 13.2. The lowest BCUT2D eigenvalue weighted by atomic mass is 10.1. The van der Waals surface area contributed by atoms with Crippen molar-refractivity contribution in [1.29, 1.82) is 5.26 Å². The van der Waals surface area contributed by atoms with Crippen molar-refractivity contribution < 1.29 is 4.79 Å². The Morgan fingerprint density at radius 2 is 1.90 bits per heavy atom. The Hall–Kier alpha value is -3.15. The molecule has 1 aromatic carbocycles. The van der Waals surface area contributed by atoms with Crippen LogP contribution in [0.1, 0.15) is 32.9 Å². The molecule has 7 nitrogen and oxygen atoms in total. The van der Waals surface area contributed by atoms with Crippen molar-refractivity contribution in [3.8, 4) is 16.9 Å². The van der Waals surface area contributed by atoms with Crippen LogP contribution in [0.5, 0.6) is 0 Å². The van der Waals surface area contributed by atoms with Gasteiger partial charge in [0.1, 0.15) is 4.88 Å². The van der Waals surface area contributed by atoms with Gasteiger partial charge in [0.2, 0.25) is 0 Å². The maximum absolute atomic E-state index is 13.2. The fourth-order valence-electron chi connectivity index (χ4n) is 3.52. The molecule has 1 aliphatic heterocycles. The molecule has 0 radical (unpaired) electrons. The van der Waals surface area contributed by atoms with Crippen LogP contribution in [0.25, 0.3) is 10.8 Å². The van der Waals surface area contributed by atoms with Crippen LogP contribution in [0, 0.1) is 18.3 Å². The molecular formula is C22H22N6OS. The van der Waals surface area contributed by atoms with E-state index in [2.05, 4.69) is 25.9 Å². The molecule has 2 aromatic heterocycles. The number of aryl methyl sites for hydroxylation is 1. The molecule has 1 fully saturated rings. The average molecular weight is 419 g/mol. The summed E-state index contributed by atoms with van der Waals surface area (Å²) >= 11 is 1.36. The van der Waals surface area contributed by atoms with Crippen molar-refractivity contribution in [3.63, 3.8) is 0 Å². The smallest absolute Gasteiger partial charge is 0.265 e. The predicted octanol–water partition coefficient (Wildman–Crippen LogP) is 3.13. The zero-order valence-electron chi connectivity index (χ0n) is 16.8. The second-order valence-corrected chi connectivity index (χ2v) is 8.24. The summed E-state index contributed by atoms with van der Waals surface area (Å²) in [6, 6.07) is 11.6. The summed E-state index contributed by atoms with van der Waals surface area (Å²) in [4.78, 5) is 31.1. The second kappa shape index (κ2) is 9.11. The van der Waals surface area contributed by atoms with Gasteiger partial charge in [0.15, 0.2) is 10.8 Å². The van der Waals surface area contributed by atoms with Gasteiger partial charge in [-0.1, -0.05) is 12.1 Å². The molecule has 1 amide bonds. The normalized spacial score (nSPS) is 14.9. The zero-order valence-corrected chi connectivity index (χ0v) is 17.6. The Morgan fingerprint density at radius 1 is 1.13 bits per heavy atom. The molecule has 152 valence electrons. The van der Waals surface area contributed by atoms with E-state index in [0.29, 0.717) is 27.8 Å². The van der Waals surface area contributed by atoms with Gasteiger partial charge in [0.25, 0.3) is 5.91 Å². The first kappa shape index (κ1) is 20.1.